The van der Waals surface area contributed by atoms with Crippen molar-refractivity contribution in [2.75, 3.05) is 41.3 Å². The summed E-state index contributed by atoms with van der Waals surface area (Å²) >= 11 is 0. The van der Waals surface area contributed by atoms with E-state index in [0.29, 0.717) is 18.8 Å². The van der Waals surface area contributed by atoms with Crippen LogP contribution in [0.25, 0.3) is 11.1 Å². The van der Waals surface area contributed by atoms with Crippen LogP contribution in [0.15, 0.2) is 42.7 Å². The summed E-state index contributed by atoms with van der Waals surface area (Å²) in [6.07, 6.45) is 3.52. The maximum Gasteiger partial charge on any atom is 0.265 e. The molecule has 1 aromatic heterocycles. The number of nitrogens with one attached hydrogen (secondary N) is 1. The second-order valence-corrected chi connectivity index (χ2v) is 10.8. The molecule has 0 spiro atoms. The Kier molecular flexibility index (Phi) is 10.8. The van der Waals surface area contributed by atoms with Gasteiger partial charge in [-0.1, -0.05) is 6.92 Å². The van der Waals surface area contributed by atoms with Gasteiger partial charge in [0, 0.05) is 44.0 Å². The smallest absolute Gasteiger partial charge is 0.265 e. The van der Waals surface area contributed by atoms with Crippen molar-refractivity contribution in [3.63, 3.8) is 0 Å². The molecule has 3 aromatic rings. The number of carbonyl (C=O) groups excluding carboxylic acids is 1. The van der Waals surface area contributed by atoms with Gasteiger partial charge >= 0.3 is 0 Å². The Balaban J connectivity index is 0.00000253. The van der Waals surface area contributed by atoms with Crippen LogP contribution in [0.1, 0.15) is 36.5 Å². The molecule has 3 N–H and O–H groups in total. The predicted molar refractivity (Wildman–Crippen MR) is 159 cm³/mol. The molecule has 0 saturated carbocycles. The lowest BCUT2D eigenvalue weighted by molar-refractivity contribution is -0.0117. The minimum absolute atomic E-state index is 0. The first-order chi connectivity index (χ1) is 19.4. The molecular formula is C29H31Cl2F6N5O. The fraction of sp³-hybridized carbons (Fsp3) is 0.379. The van der Waals surface area contributed by atoms with Crippen LogP contribution in [0.3, 0.4) is 0 Å². The molecule has 0 unspecified atom stereocenters. The summed E-state index contributed by atoms with van der Waals surface area (Å²) in [5.74, 6) is -9.21. The summed E-state index contributed by atoms with van der Waals surface area (Å²) in [6.45, 7) is 2.65. The topological polar surface area (TPSA) is 74.5 Å². The molecule has 0 bridgehead atoms. The molecule has 5 rings (SSSR count). The van der Waals surface area contributed by atoms with Crippen LogP contribution in [0, 0.1) is 29.2 Å². The summed E-state index contributed by atoms with van der Waals surface area (Å²) in [5, 5.41) is 2.57. The molecule has 234 valence electrons. The number of aromatic nitrogens is 1. The second-order valence-electron chi connectivity index (χ2n) is 10.8. The van der Waals surface area contributed by atoms with Gasteiger partial charge in [-0.3, -0.25) is 9.78 Å². The van der Waals surface area contributed by atoms with E-state index in [-0.39, 0.29) is 67.5 Å². The quantitative estimate of drug-likeness (QED) is 0.297. The molecule has 2 aliphatic heterocycles. The molecule has 14 heteroatoms. The number of halogens is 8. The molecule has 3 heterocycles. The molecule has 6 nitrogen and oxygen atoms in total. The number of nitrogens with two attached hydrogens (primary N) is 1. The Morgan fingerprint density at radius 2 is 1.70 bits per heavy atom. The predicted octanol–water partition coefficient (Wildman–Crippen LogP) is 6.81. The highest BCUT2D eigenvalue weighted by molar-refractivity contribution is 6.06. The maximum absolute atomic E-state index is 15.7. The monoisotopic (exact) mass is 649 g/mol. The molecule has 1 amide bonds. The van der Waals surface area contributed by atoms with Crippen molar-refractivity contribution in [3.05, 3.63) is 71.6 Å². The van der Waals surface area contributed by atoms with Crippen molar-refractivity contribution in [3.8, 4) is 11.1 Å². The van der Waals surface area contributed by atoms with E-state index in [2.05, 4.69) is 10.3 Å². The molecule has 2 aromatic carbocycles. The number of rotatable bonds is 5. The zero-order valence-corrected chi connectivity index (χ0v) is 24.7. The van der Waals surface area contributed by atoms with Gasteiger partial charge in [0.2, 0.25) is 0 Å². The molecule has 0 aliphatic carbocycles. The largest absolute Gasteiger partial charge is 0.368 e. The minimum atomic E-state index is -3.03. The van der Waals surface area contributed by atoms with Gasteiger partial charge in [0.25, 0.3) is 11.8 Å². The van der Waals surface area contributed by atoms with Gasteiger partial charge in [0.05, 0.1) is 40.8 Å². The van der Waals surface area contributed by atoms with Crippen LogP contribution in [-0.2, 0) is 0 Å². The zero-order chi connectivity index (χ0) is 29.5. The number of benzene rings is 2. The van der Waals surface area contributed by atoms with Crippen molar-refractivity contribution >= 4 is 47.8 Å². The summed E-state index contributed by atoms with van der Waals surface area (Å²) < 4.78 is 88.6. The lowest BCUT2D eigenvalue weighted by atomic mass is 9.96. The number of amides is 1. The number of anilines is 3. The Hall–Kier alpha value is -3.22. The average Bonchev–Trinajstić information content (AvgIpc) is 2.89. The van der Waals surface area contributed by atoms with Crippen LogP contribution in [0.4, 0.5) is 43.4 Å². The van der Waals surface area contributed by atoms with Gasteiger partial charge < -0.3 is 20.9 Å². The van der Waals surface area contributed by atoms with E-state index in [4.69, 9.17) is 5.73 Å². The lowest BCUT2D eigenvalue weighted by Gasteiger charge is -2.37. The van der Waals surface area contributed by atoms with Crippen LogP contribution in [-0.4, -0.2) is 49.0 Å². The van der Waals surface area contributed by atoms with Crippen LogP contribution < -0.4 is 20.9 Å². The molecule has 2 aliphatic rings. The first-order valence-corrected chi connectivity index (χ1v) is 13.3. The number of nitrogens with zero attached hydrogens (tertiary/aromatic N) is 3. The van der Waals surface area contributed by atoms with Crippen molar-refractivity contribution in [1.82, 2.24) is 4.98 Å². The fourth-order valence-electron chi connectivity index (χ4n) is 5.67. The standard InChI is InChI=1S/C29H29F6N5O.2ClH/c1-16-9-17(36)14-40(13-16)24-5-7-37-12-23(24)38-28(41)19-3-4-20(30)26(27(19)33)25-21(31)10-18(11-22(25)32)39-8-2-6-29(34,35)15-39;;/h3-5,7,10-12,16-17H,2,6,8-9,13-15,36H2,1H3,(H,38,41);2*1H/t16-,17+;;/m1../s1. The van der Waals surface area contributed by atoms with E-state index in [0.717, 1.165) is 35.6 Å². The van der Waals surface area contributed by atoms with Gasteiger partial charge in [-0.05, 0) is 49.1 Å². The highest BCUT2D eigenvalue weighted by Gasteiger charge is 2.36. The molecule has 0 radical (unpaired) electrons. The Morgan fingerprint density at radius 3 is 2.35 bits per heavy atom. The van der Waals surface area contributed by atoms with Gasteiger partial charge in [0.15, 0.2) is 0 Å². The highest BCUT2D eigenvalue weighted by Crippen LogP contribution is 2.37. The van der Waals surface area contributed by atoms with Crippen molar-refractivity contribution in [2.45, 2.75) is 38.2 Å². The van der Waals surface area contributed by atoms with Crippen molar-refractivity contribution in [1.29, 1.82) is 0 Å². The van der Waals surface area contributed by atoms with Gasteiger partial charge in [-0.2, -0.15) is 0 Å². The van der Waals surface area contributed by atoms with Crippen molar-refractivity contribution in [2.24, 2.45) is 11.7 Å². The van der Waals surface area contributed by atoms with E-state index < -0.39 is 58.3 Å². The Morgan fingerprint density at radius 1 is 1.00 bits per heavy atom. The number of pyridine rings is 1. The van der Waals surface area contributed by atoms with Crippen LogP contribution in [0.2, 0.25) is 0 Å². The average molecular weight is 650 g/mol. The Labute approximate surface area is 257 Å². The minimum Gasteiger partial charge on any atom is -0.368 e. The molecule has 2 saturated heterocycles. The maximum atomic E-state index is 15.7. The van der Waals surface area contributed by atoms with Crippen LogP contribution >= 0.6 is 24.8 Å². The fourth-order valence-corrected chi connectivity index (χ4v) is 5.67. The second kappa shape index (κ2) is 13.6. The SMILES string of the molecule is C[C@@H]1C[C@H](N)CN(c2ccncc2NC(=O)c2ccc(F)c(-c3c(F)cc(N4CCCC(F)(F)C4)cc3F)c2F)C1.Cl.Cl. The first kappa shape index (κ1) is 34.3. The lowest BCUT2D eigenvalue weighted by Crippen LogP contribution is -2.46. The Bertz CT molecular complexity index is 1450. The number of alkyl halides is 2. The number of carbonyl (C=O) groups is 1. The normalized spacial score (nSPS) is 19.7. The van der Waals surface area contributed by atoms with E-state index in [1.807, 2.05) is 11.8 Å². The third kappa shape index (κ3) is 7.30. The van der Waals surface area contributed by atoms with E-state index in [1.165, 1.54) is 12.4 Å². The summed E-state index contributed by atoms with van der Waals surface area (Å²) in [6, 6.07) is 4.72. The third-order valence-electron chi connectivity index (χ3n) is 7.45. The number of piperidine rings is 2. The first-order valence-electron chi connectivity index (χ1n) is 13.3. The van der Waals surface area contributed by atoms with E-state index in [9.17, 15) is 18.0 Å². The summed E-state index contributed by atoms with van der Waals surface area (Å²) in [4.78, 5) is 20.3. The molecule has 43 heavy (non-hydrogen) atoms. The highest BCUT2D eigenvalue weighted by atomic mass is 35.5. The van der Waals surface area contributed by atoms with Crippen molar-refractivity contribution < 1.29 is 31.1 Å². The van der Waals surface area contributed by atoms with E-state index >= 15 is 13.2 Å². The van der Waals surface area contributed by atoms with Gasteiger partial charge in [0.1, 0.15) is 23.3 Å². The third-order valence-corrected chi connectivity index (χ3v) is 7.45. The molecule has 2 fully saturated rings. The van der Waals surface area contributed by atoms with Crippen LogP contribution in [0.5, 0.6) is 0 Å². The van der Waals surface area contributed by atoms with Gasteiger partial charge in [-0.25, -0.2) is 26.3 Å². The number of hydrogen-bond donors (Lipinski definition) is 2. The van der Waals surface area contributed by atoms with E-state index in [1.54, 1.807) is 6.07 Å². The summed E-state index contributed by atoms with van der Waals surface area (Å²) in [7, 11) is 0. The zero-order valence-electron chi connectivity index (χ0n) is 23.1. The number of hydrogen-bond acceptors (Lipinski definition) is 5. The molecule has 2 atom stereocenters. The van der Waals surface area contributed by atoms with Gasteiger partial charge in [-0.15, -0.1) is 24.8 Å². The summed E-state index contributed by atoms with van der Waals surface area (Å²) in [5.41, 5.74) is 4.08. The molecular weight excluding hydrogens is 619 g/mol.